The second kappa shape index (κ2) is 10.5. The molecule has 3 aromatic heterocycles. The van der Waals surface area contributed by atoms with Gasteiger partial charge in [-0.3, -0.25) is 0 Å². The molecule has 6 nitrogen and oxygen atoms in total. The Balaban J connectivity index is 1.29. The van der Waals surface area contributed by atoms with E-state index in [1.54, 1.807) is 0 Å². The minimum atomic E-state index is 0.0450. The average molecular weight is 619 g/mol. The summed E-state index contributed by atoms with van der Waals surface area (Å²) in [5.74, 6) is 2.51. The molecule has 1 aliphatic heterocycles. The van der Waals surface area contributed by atoms with E-state index in [4.69, 9.17) is 23.8 Å². The number of nitrogens with zero attached hydrogens (tertiary/aromatic N) is 3. The van der Waals surface area contributed by atoms with Gasteiger partial charge in [-0.25, -0.2) is 15.0 Å². The third kappa shape index (κ3) is 4.23. The third-order valence-corrected chi connectivity index (χ3v) is 9.14. The maximum Gasteiger partial charge on any atom is 0.202 e. The minimum absolute atomic E-state index is 0.0450. The molecule has 2 aliphatic rings. The van der Waals surface area contributed by atoms with E-state index in [-0.39, 0.29) is 6.04 Å². The molecule has 5 aromatic carbocycles. The van der Waals surface area contributed by atoms with Gasteiger partial charge in [0.1, 0.15) is 16.7 Å². The quantitative estimate of drug-likeness (QED) is 0.211. The van der Waals surface area contributed by atoms with Gasteiger partial charge in [0.2, 0.25) is 5.88 Å². The Morgan fingerprint density at radius 2 is 1.25 bits per heavy atom. The summed E-state index contributed by atoms with van der Waals surface area (Å²) in [6.45, 7) is 0. The topological polar surface area (TPSA) is 77.0 Å². The molecule has 0 amide bonds. The molecule has 6 heteroatoms. The Labute approximate surface area is 275 Å². The normalized spacial score (nSPS) is 15.0. The molecule has 0 fully saturated rings. The number of hydrogen-bond acceptors (Lipinski definition) is 6. The van der Waals surface area contributed by atoms with Gasteiger partial charge in [0, 0.05) is 38.4 Å². The van der Waals surface area contributed by atoms with Gasteiger partial charge in [0.15, 0.2) is 17.5 Å². The van der Waals surface area contributed by atoms with Gasteiger partial charge < -0.3 is 14.2 Å². The van der Waals surface area contributed by atoms with E-state index >= 15 is 0 Å². The molecule has 1 aliphatic carbocycles. The molecule has 48 heavy (non-hydrogen) atoms. The van der Waals surface area contributed by atoms with E-state index in [1.807, 2.05) is 91.0 Å². The first-order chi connectivity index (χ1) is 23.8. The lowest BCUT2D eigenvalue weighted by Crippen LogP contribution is -2.22. The SMILES string of the molecule is C1=CC2=Cc3c(oc4cc(-c5cccc6oc7ccccc7c56)cc(-c5nc(-c6ccccc6)nc(-c6ccccc6)n5)c34)NC2C=C1. The molecule has 1 unspecified atom stereocenters. The van der Waals surface area contributed by atoms with Crippen molar-refractivity contribution in [1.82, 2.24) is 15.0 Å². The van der Waals surface area contributed by atoms with Crippen molar-refractivity contribution in [2.75, 3.05) is 5.32 Å². The number of anilines is 1. The van der Waals surface area contributed by atoms with Gasteiger partial charge in [-0.05, 0) is 47.0 Å². The Morgan fingerprint density at radius 1 is 0.542 bits per heavy atom. The van der Waals surface area contributed by atoms with Crippen molar-refractivity contribution in [3.8, 4) is 45.3 Å². The molecule has 4 heterocycles. The van der Waals surface area contributed by atoms with Crippen LogP contribution in [0, 0.1) is 0 Å². The summed E-state index contributed by atoms with van der Waals surface area (Å²) in [6.07, 6.45) is 10.6. The summed E-state index contributed by atoms with van der Waals surface area (Å²) < 4.78 is 12.9. The molecule has 1 N–H and O–H groups in total. The Hall–Kier alpha value is -6.53. The van der Waals surface area contributed by atoms with E-state index in [0.717, 1.165) is 72.2 Å². The Kier molecular flexibility index (Phi) is 5.84. The number of allylic oxidation sites excluding steroid dienone is 2. The minimum Gasteiger partial charge on any atom is -0.456 e. The number of nitrogens with one attached hydrogen (secondary N) is 1. The summed E-state index contributed by atoms with van der Waals surface area (Å²) in [4.78, 5) is 15.3. The lowest BCUT2D eigenvalue weighted by atomic mass is 9.92. The second-order valence-corrected chi connectivity index (χ2v) is 12.1. The van der Waals surface area contributed by atoms with E-state index < -0.39 is 0 Å². The van der Waals surface area contributed by atoms with Crippen LogP contribution in [0.4, 0.5) is 5.88 Å². The number of rotatable bonds is 4. The first kappa shape index (κ1) is 26.7. The van der Waals surface area contributed by atoms with Crippen LogP contribution >= 0.6 is 0 Å². The van der Waals surface area contributed by atoms with Gasteiger partial charge in [-0.2, -0.15) is 0 Å². The van der Waals surface area contributed by atoms with E-state index in [2.05, 4.69) is 60.0 Å². The third-order valence-electron chi connectivity index (χ3n) is 9.14. The Morgan fingerprint density at radius 3 is 2.04 bits per heavy atom. The molecule has 226 valence electrons. The van der Waals surface area contributed by atoms with Crippen LogP contribution in [0.25, 0.3) is 84.3 Å². The molecule has 1 atom stereocenters. The summed E-state index contributed by atoms with van der Waals surface area (Å²) >= 11 is 0. The van der Waals surface area contributed by atoms with E-state index in [1.165, 1.54) is 5.57 Å². The van der Waals surface area contributed by atoms with Crippen molar-refractivity contribution in [2.45, 2.75) is 6.04 Å². The monoisotopic (exact) mass is 618 g/mol. The van der Waals surface area contributed by atoms with Gasteiger partial charge in [-0.1, -0.05) is 115 Å². The zero-order valence-corrected chi connectivity index (χ0v) is 25.6. The molecule has 0 radical (unpaired) electrons. The van der Waals surface area contributed by atoms with Crippen molar-refractivity contribution in [2.24, 2.45) is 0 Å². The Bertz CT molecular complexity index is 2590. The van der Waals surface area contributed by atoms with Crippen molar-refractivity contribution < 1.29 is 8.83 Å². The zero-order valence-electron chi connectivity index (χ0n) is 25.6. The highest BCUT2D eigenvalue weighted by Crippen LogP contribution is 2.45. The number of para-hydroxylation sites is 1. The molecule has 8 aromatic rings. The summed E-state index contributed by atoms with van der Waals surface area (Å²) in [5, 5.41) is 6.68. The van der Waals surface area contributed by atoms with Crippen LogP contribution in [0.2, 0.25) is 0 Å². The summed E-state index contributed by atoms with van der Waals surface area (Å²) in [7, 11) is 0. The molecular formula is C42H26N4O2. The van der Waals surface area contributed by atoms with Crippen LogP contribution in [0.5, 0.6) is 0 Å². The highest BCUT2D eigenvalue weighted by atomic mass is 16.4. The van der Waals surface area contributed by atoms with Crippen LogP contribution in [-0.2, 0) is 0 Å². The second-order valence-electron chi connectivity index (χ2n) is 12.1. The van der Waals surface area contributed by atoms with Crippen molar-refractivity contribution in [1.29, 1.82) is 0 Å². The summed E-state index contributed by atoms with van der Waals surface area (Å²) in [5.41, 5.74) is 9.30. The molecule has 0 spiro atoms. The van der Waals surface area contributed by atoms with Crippen LogP contribution in [-0.4, -0.2) is 21.0 Å². The lowest BCUT2D eigenvalue weighted by Gasteiger charge is -2.22. The van der Waals surface area contributed by atoms with Crippen molar-refractivity contribution in [3.63, 3.8) is 0 Å². The smallest absolute Gasteiger partial charge is 0.202 e. The van der Waals surface area contributed by atoms with Gasteiger partial charge in [0.25, 0.3) is 0 Å². The van der Waals surface area contributed by atoms with Crippen molar-refractivity contribution in [3.05, 3.63) is 151 Å². The first-order valence-corrected chi connectivity index (χ1v) is 16.0. The fourth-order valence-corrected chi connectivity index (χ4v) is 6.91. The largest absolute Gasteiger partial charge is 0.456 e. The molecule has 0 saturated heterocycles. The highest BCUT2D eigenvalue weighted by Gasteiger charge is 2.27. The van der Waals surface area contributed by atoms with Crippen molar-refractivity contribution >= 4 is 44.9 Å². The van der Waals surface area contributed by atoms with E-state index in [0.29, 0.717) is 17.5 Å². The van der Waals surface area contributed by atoms with Gasteiger partial charge in [0.05, 0.1) is 6.04 Å². The molecule has 0 saturated carbocycles. The predicted molar refractivity (Wildman–Crippen MR) is 192 cm³/mol. The predicted octanol–water partition coefficient (Wildman–Crippen LogP) is 10.5. The van der Waals surface area contributed by atoms with Crippen LogP contribution in [0.1, 0.15) is 5.56 Å². The standard InChI is InChI=1S/C42H26N4O2/c1-3-12-25(13-4-1)39-44-40(26-14-5-2-6-15-26)46-41(45-39)31-23-28(29-18-11-21-35-37(29)30-17-8-10-20-34(30)47-35)24-36-38(31)32-22-27-16-7-9-19-33(27)43-42(32)48-36/h1-24,33,43H. The maximum atomic E-state index is 6.67. The first-order valence-electron chi connectivity index (χ1n) is 16.0. The fraction of sp³-hybridized carbons (Fsp3) is 0.0238. The summed E-state index contributed by atoms with van der Waals surface area (Å²) in [6, 6.07) is 38.9. The lowest BCUT2D eigenvalue weighted by molar-refractivity contribution is 0.622. The molecule has 10 rings (SSSR count). The number of aromatic nitrogens is 3. The number of hydrogen-bond donors (Lipinski definition) is 1. The zero-order chi connectivity index (χ0) is 31.6. The van der Waals surface area contributed by atoms with Crippen LogP contribution < -0.4 is 5.32 Å². The number of furan rings is 2. The average Bonchev–Trinajstić information content (AvgIpc) is 3.72. The van der Waals surface area contributed by atoms with E-state index in [9.17, 15) is 0 Å². The fourth-order valence-electron chi connectivity index (χ4n) is 6.91. The van der Waals surface area contributed by atoms with Gasteiger partial charge in [-0.15, -0.1) is 0 Å². The molecular weight excluding hydrogens is 592 g/mol. The number of fused-ring (bicyclic) bond motifs is 7. The van der Waals surface area contributed by atoms with Gasteiger partial charge >= 0.3 is 0 Å². The van der Waals surface area contributed by atoms with Crippen LogP contribution in [0.15, 0.2) is 154 Å². The maximum absolute atomic E-state index is 6.67. The highest BCUT2D eigenvalue weighted by molar-refractivity contribution is 6.14. The number of benzene rings is 5. The van der Waals surface area contributed by atoms with Crippen LogP contribution in [0.3, 0.4) is 0 Å². The molecule has 0 bridgehead atoms.